The van der Waals surface area contributed by atoms with Crippen molar-refractivity contribution in [2.75, 3.05) is 26.2 Å². The van der Waals surface area contributed by atoms with E-state index >= 15 is 0 Å². The van der Waals surface area contributed by atoms with Gasteiger partial charge in [0, 0.05) is 12.6 Å². The molecule has 1 aliphatic rings. The first-order valence-corrected chi connectivity index (χ1v) is 6.82. The Balaban J connectivity index is 2.11. The lowest BCUT2D eigenvalue weighted by Crippen LogP contribution is -2.46. The fourth-order valence-corrected chi connectivity index (χ4v) is 2.36. The molecule has 0 saturated carbocycles. The van der Waals surface area contributed by atoms with Gasteiger partial charge in [0.05, 0.1) is 0 Å². The fraction of sp³-hybridized carbons (Fsp3) is 1.00. The number of nitrogens with zero attached hydrogens (tertiary/aromatic N) is 1. The molecule has 0 aliphatic carbocycles. The number of hydrogen-bond acceptors (Lipinski definition) is 2. The van der Waals surface area contributed by atoms with E-state index in [4.69, 9.17) is 0 Å². The van der Waals surface area contributed by atoms with Crippen LogP contribution in [0.4, 0.5) is 0 Å². The van der Waals surface area contributed by atoms with E-state index < -0.39 is 0 Å². The van der Waals surface area contributed by atoms with Crippen LogP contribution in [-0.2, 0) is 0 Å². The first kappa shape index (κ1) is 13.0. The molecule has 1 heterocycles. The first-order valence-electron chi connectivity index (χ1n) is 6.82. The van der Waals surface area contributed by atoms with Gasteiger partial charge in [-0.1, -0.05) is 26.7 Å². The highest BCUT2D eigenvalue weighted by molar-refractivity contribution is 4.77. The van der Waals surface area contributed by atoms with Crippen LogP contribution in [0.3, 0.4) is 0 Å². The topological polar surface area (TPSA) is 15.3 Å². The van der Waals surface area contributed by atoms with Crippen molar-refractivity contribution in [2.45, 2.75) is 58.4 Å². The maximum Gasteiger partial charge on any atom is 0.0195 e. The lowest BCUT2D eigenvalue weighted by Gasteiger charge is -2.33. The third-order valence-electron chi connectivity index (χ3n) is 3.27. The molecule has 1 aliphatic heterocycles. The summed E-state index contributed by atoms with van der Waals surface area (Å²) < 4.78 is 0. The summed E-state index contributed by atoms with van der Waals surface area (Å²) in [5.41, 5.74) is 0. The minimum absolute atomic E-state index is 0.764. The van der Waals surface area contributed by atoms with Crippen molar-refractivity contribution in [1.82, 2.24) is 10.2 Å². The lowest BCUT2D eigenvalue weighted by molar-refractivity contribution is 0.188. The van der Waals surface area contributed by atoms with Gasteiger partial charge in [0.25, 0.3) is 0 Å². The maximum absolute atomic E-state index is 3.65. The summed E-state index contributed by atoms with van der Waals surface area (Å²) in [5.74, 6) is 0. The minimum Gasteiger partial charge on any atom is -0.313 e. The van der Waals surface area contributed by atoms with E-state index in [0.717, 1.165) is 6.04 Å². The van der Waals surface area contributed by atoms with E-state index in [0.29, 0.717) is 0 Å². The zero-order chi connectivity index (χ0) is 10.9. The molecule has 90 valence electrons. The van der Waals surface area contributed by atoms with Gasteiger partial charge in [-0.25, -0.2) is 0 Å². The van der Waals surface area contributed by atoms with Crippen LogP contribution in [0.2, 0.25) is 0 Å². The number of piperidine rings is 1. The molecule has 2 heteroatoms. The Bertz CT molecular complexity index is 147. The van der Waals surface area contributed by atoms with Gasteiger partial charge in [0.1, 0.15) is 0 Å². The normalized spacial score (nSPS) is 23.2. The molecule has 0 aromatic carbocycles. The molecule has 0 aromatic rings. The summed E-state index contributed by atoms with van der Waals surface area (Å²) in [7, 11) is 0. The van der Waals surface area contributed by atoms with Gasteiger partial charge in [0.2, 0.25) is 0 Å². The quantitative estimate of drug-likeness (QED) is 0.653. The highest BCUT2D eigenvalue weighted by Gasteiger charge is 2.18. The van der Waals surface area contributed by atoms with E-state index in [1.54, 1.807) is 0 Å². The second-order valence-corrected chi connectivity index (χ2v) is 4.80. The van der Waals surface area contributed by atoms with Gasteiger partial charge in [-0.05, 0) is 45.3 Å². The molecule has 15 heavy (non-hydrogen) atoms. The fourth-order valence-electron chi connectivity index (χ4n) is 2.36. The molecular formula is C13H28N2. The van der Waals surface area contributed by atoms with Crippen molar-refractivity contribution in [3.05, 3.63) is 0 Å². The number of hydrogen-bond donors (Lipinski definition) is 1. The zero-order valence-corrected chi connectivity index (χ0v) is 10.6. The molecule has 1 atom stereocenters. The number of unbranched alkanes of at least 4 members (excludes halogenated alkanes) is 2. The predicted octanol–water partition coefficient (Wildman–Crippen LogP) is 2.64. The Kier molecular flexibility index (Phi) is 7.03. The van der Waals surface area contributed by atoms with Crippen LogP contribution in [0.25, 0.3) is 0 Å². The van der Waals surface area contributed by atoms with Crippen LogP contribution in [0.15, 0.2) is 0 Å². The maximum atomic E-state index is 3.65. The van der Waals surface area contributed by atoms with E-state index in [2.05, 4.69) is 24.1 Å². The molecule has 0 radical (unpaired) electrons. The van der Waals surface area contributed by atoms with E-state index in [9.17, 15) is 0 Å². The van der Waals surface area contributed by atoms with Crippen molar-refractivity contribution in [3.63, 3.8) is 0 Å². The SMILES string of the molecule is CCCCCN1CCCC(NCCC)C1. The number of likely N-dealkylation sites (tertiary alicyclic amines) is 1. The third-order valence-corrected chi connectivity index (χ3v) is 3.27. The average molecular weight is 212 g/mol. The smallest absolute Gasteiger partial charge is 0.0195 e. The molecule has 0 aromatic heterocycles. The molecule has 1 saturated heterocycles. The summed E-state index contributed by atoms with van der Waals surface area (Å²) in [5, 5.41) is 3.65. The van der Waals surface area contributed by atoms with Gasteiger partial charge >= 0.3 is 0 Å². The Morgan fingerprint density at radius 2 is 2.07 bits per heavy atom. The van der Waals surface area contributed by atoms with Crippen LogP contribution in [0, 0.1) is 0 Å². The Labute approximate surface area is 95.4 Å². The second kappa shape index (κ2) is 8.12. The van der Waals surface area contributed by atoms with Crippen LogP contribution < -0.4 is 5.32 Å². The van der Waals surface area contributed by atoms with Crippen molar-refractivity contribution in [1.29, 1.82) is 0 Å². The average Bonchev–Trinajstić information content (AvgIpc) is 2.27. The Morgan fingerprint density at radius 1 is 1.20 bits per heavy atom. The standard InChI is InChI=1S/C13H28N2/c1-3-5-6-10-15-11-7-8-13(12-15)14-9-4-2/h13-14H,3-12H2,1-2H3. The third kappa shape index (κ3) is 5.53. The number of nitrogens with one attached hydrogen (secondary N) is 1. The summed E-state index contributed by atoms with van der Waals surface area (Å²) in [6, 6.07) is 0.764. The molecule has 0 bridgehead atoms. The molecule has 0 spiro atoms. The van der Waals surface area contributed by atoms with Crippen LogP contribution >= 0.6 is 0 Å². The van der Waals surface area contributed by atoms with E-state index in [1.165, 1.54) is 64.7 Å². The van der Waals surface area contributed by atoms with E-state index in [-0.39, 0.29) is 0 Å². The molecule has 1 N–H and O–H groups in total. The van der Waals surface area contributed by atoms with Gasteiger partial charge in [0.15, 0.2) is 0 Å². The summed E-state index contributed by atoms with van der Waals surface area (Å²) in [4.78, 5) is 2.65. The highest BCUT2D eigenvalue weighted by Crippen LogP contribution is 2.11. The molecule has 0 amide bonds. The van der Waals surface area contributed by atoms with Gasteiger partial charge in [-0.2, -0.15) is 0 Å². The minimum atomic E-state index is 0.764. The largest absolute Gasteiger partial charge is 0.313 e. The molecule has 1 rings (SSSR count). The molecule has 1 fully saturated rings. The zero-order valence-electron chi connectivity index (χ0n) is 10.6. The predicted molar refractivity (Wildman–Crippen MR) is 67.3 cm³/mol. The summed E-state index contributed by atoms with van der Waals surface area (Å²) >= 11 is 0. The van der Waals surface area contributed by atoms with Gasteiger partial charge in [-0.15, -0.1) is 0 Å². The monoisotopic (exact) mass is 212 g/mol. The second-order valence-electron chi connectivity index (χ2n) is 4.80. The van der Waals surface area contributed by atoms with Gasteiger partial charge < -0.3 is 10.2 Å². The highest BCUT2D eigenvalue weighted by atomic mass is 15.2. The molecular weight excluding hydrogens is 184 g/mol. The lowest BCUT2D eigenvalue weighted by atomic mass is 10.1. The summed E-state index contributed by atoms with van der Waals surface area (Å²) in [6.07, 6.45) is 8.13. The first-order chi connectivity index (χ1) is 7.36. The van der Waals surface area contributed by atoms with Gasteiger partial charge in [-0.3, -0.25) is 0 Å². The van der Waals surface area contributed by atoms with Crippen LogP contribution in [0.1, 0.15) is 52.4 Å². The van der Waals surface area contributed by atoms with E-state index in [1.807, 2.05) is 0 Å². The molecule has 1 unspecified atom stereocenters. The van der Waals surface area contributed by atoms with Crippen molar-refractivity contribution >= 4 is 0 Å². The Hall–Kier alpha value is -0.0800. The Morgan fingerprint density at radius 3 is 2.80 bits per heavy atom. The van der Waals surface area contributed by atoms with Crippen LogP contribution in [0.5, 0.6) is 0 Å². The van der Waals surface area contributed by atoms with Crippen LogP contribution in [-0.4, -0.2) is 37.1 Å². The molecule has 2 nitrogen and oxygen atoms in total. The number of rotatable bonds is 7. The van der Waals surface area contributed by atoms with Crippen molar-refractivity contribution in [2.24, 2.45) is 0 Å². The summed E-state index contributed by atoms with van der Waals surface area (Å²) in [6.45, 7) is 9.64. The van der Waals surface area contributed by atoms with Crippen molar-refractivity contribution < 1.29 is 0 Å². The van der Waals surface area contributed by atoms with Crippen molar-refractivity contribution in [3.8, 4) is 0 Å².